The van der Waals surface area contributed by atoms with Crippen LogP contribution in [0, 0.1) is 6.92 Å². The second-order valence-electron chi connectivity index (χ2n) is 5.75. The molecule has 0 aromatic heterocycles. The van der Waals surface area contributed by atoms with Crippen molar-refractivity contribution in [3.8, 4) is 5.75 Å². The molecular weight excluding hydrogens is 258 g/mol. The number of carbonyl (C=O) groups is 2. The van der Waals surface area contributed by atoms with Gasteiger partial charge in [-0.1, -0.05) is 11.6 Å². The Morgan fingerprint density at radius 3 is 2.45 bits per heavy atom. The third-order valence-electron chi connectivity index (χ3n) is 2.50. The predicted molar refractivity (Wildman–Crippen MR) is 75.6 cm³/mol. The molecule has 0 bridgehead atoms. The predicted octanol–water partition coefficient (Wildman–Crippen LogP) is 2.16. The highest BCUT2D eigenvalue weighted by Crippen LogP contribution is 2.18. The molecule has 0 saturated heterocycles. The van der Waals surface area contributed by atoms with E-state index in [2.05, 4.69) is 5.32 Å². The van der Waals surface area contributed by atoms with E-state index >= 15 is 0 Å². The summed E-state index contributed by atoms with van der Waals surface area (Å²) in [5, 5.41) is 12.2. The molecule has 110 valence electrons. The molecule has 0 aliphatic carbocycles. The average molecular weight is 279 g/mol. The van der Waals surface area contributed by atoms with Crippen molar-refractivity contribution in [2.24, 2.45) is 0 Å². The Balaban J connectivity index is 2.75. The Kier molecular flexibility index (Phi) is 4.76. The molecule has 0 radical (unpaired) electrons. The topological polar surface area (TPSA) is 75.6 Å². The Hall–Kier alpha value is -2.04. The van der Waals surface area contributed by atoms with Crippen LogP contribution in [0.4, 0.5) is 0 Å². The molecule has 1 amide bonds. The molecule has 1 aromatic rings. The molecule has 20 heavy (non-hydrogen) atoms. The first-order valence-electron chi connectivity index (χ1n) is 6.43. The molecule has 2 N–H and O–H groups in total. The highest BCUT2D eigenvalue weighted by atomic mass is 16.6. The van der Waals surface area contributed by atoms with Crippen molar-refractivity contribution in [1.82, 2.24) is 5.32 Å². The zero-order chi connectivity index (χ0) is 15.5. The number of aromatic hydroxyl groups is 1. The molecular formula is C15H21NO4. The zero-order valence-electron chi connectivity index (χ0n) is 12.5. The van der Waals surface area contributed by atoms with Gasteiger partial charge in [0.15, 0.2) is 0 Å². The van der Waals surface area contributed by atoms with E-state index in [0.717, 1.165) is 5.56 Å². The van der Waals surface area contributed by atoms with Crippen LogP contribution in [0.3, 0.4) is 0 Å². The second kappa shape index (κ2) is 5.94. The van der Waals surface area contributed by atoms with E-state index in [0.29, 0.717) is 0 Å². The Morgan fingerprint density at radius 1 is 1.30 bits per heavy atom. The van der Waals surface area contributed by atoms with Crippen molar-refractivity contribution in [3.63, 3.8) is 0 Å². The lowest BCUT2D eigenvalue weighted by Gasteiger charge is -2.22. The van der Waals surface area contributed by atoms with E-state index in [1.54, 1.807) is 39.8 Å². The summed E-state index contributed by atoms with van der Waals surface area (Å²) in [5.41, 5.74) is 0.375. The number of hydrogen-bond acceptors (Lipinski definition) is 4. The summed E-state index contributed by atoms with van der Waals surface area (Å²) in [7, 11) is 0. The van der Waals surface area contributed by atoms with Crippen LogP contribution in [0.1, 0.15) is 43.6 Å². The number of benzene rings is 1. The monoisotopic (exact) mass is 279 g/mol. The van der Waals surface area contributed by atoms with Crippen molar-refractivity contribution < 1.29 is 19.4 Å². The smallest absolute Gasteiger partial charge is 0.328 e. The Labute approximate surface area is 118 Å². The number of rotatable bonds is 3. The fourth-order valence-corrected chi connectivity index (χ4v) is 1.56. The normalized spacial score (nSPS) is 12.7. The SMILES string of the molecule is Cc1ccc(O)c(C(=O)N[C@H](C)C(=O)OC(C)(C)C)c1. The summed E-state index contributed by atoms with van der Waals surface area (Å²) in [6, 6.07) is 3.92. The van der Waals surface area contributed by atoms with E-state index in [9.17, 15) is 14.7 Å². The minimum Gasteiger partial charge on any atom is -0.507 e. The van der Waals surface area contributed by atoms with E-state index in [-0.39, 0.29) is 11.3 Å². The van der Waals surface area contributed by atoms with Crippen LogP contribution in [0.2, 0.25) is 0 Å². The summed E-state index contributed by atoms with van der Waals surface area (Å²) in [5.74, 6) is -1.15. The first-order valence-corrected chi connectivity index (χ1v) is 6.43. The standard InChI is InChI=1S/C15H21NO4/c1-9-6-7-12(17)11(8-9)13(18)16-10(2)14(19)20-15(3,4)5/h6-8,10,17H,1-5H3,(H,16,18)/t10-/m1/s1. The van der Waals surface area contributed by atoms with Gasteiger partial charge >= 0.3 is 5.97 Å². The van der Waals surface area contributed by atoms with Crippen molar-refractivity contribution in [1.29, 1.82) is 0 Å². The summed E-state index contributed by atoms with van der Waals surface area (Å²) in [6.07, 6.45) is 0. The molecule has 1 atom stereocenters. The lowest BCUT2D eigenvalue weighted by molar-refractivity contribution is -0.156. The number of phenols is 1. The first kappa shape index (κ1) is 16.0. The fourth-order valence-electron chi connectivity index (χ4n) is 1.56. The summed E-state index contributed by atoms with van der Waals surface area (Å²) in [4.78, 5) is 23.8. The van der Waals surface area contributed by atoms with Crippen LogP contribution < -0.4 is 5.32 Å². The van der Waals surface area contributed by atoms with Gasteiger partial charge in [0.1, 0.15) is 17.4 Å². The van der Waals surface area contributed by atoms with Gasteiger partial charge in [-0.2, -0.15) is 0 Å². The van der Waals surface area contributed by atoms with Crippen molar-refractivity contribution in [3.05, 3.63) is 29.3 Å². The maximum atomic E-state index is 12.0. The molecule has 1 rings (SSSR count). The third kappa shape index (κ3) is 4.57. The van der Waals surface area contributed by atoms with Gasteiger partial charge in [0.05, 0.1) is 5.56 Å². The van der Waals surface area contributed by atoms with Crippen molar-refractivity contribution in [2.75, 3.05) is 0 Å². The van der Waals surface area contributed by atoms with Gasteiger partial charge < -0.3 is 15.2 Å². The maximum absolute atomic E-state index is 12.0. The van der Waals surface area contributed by atoms with E-state index in [1.165, 1.54) is 6.07 Å². The minimum absolute atomic E-state index is 0.121. The van der Waals surface area contributed by atoms with E-state index in [4.69, 9.17) is 4.74 Å². The minimum atomic E-state index is -0.790. The van der Waals surface area contributed by atoms with Crippen LogP contribution in [0.5, 0.6) is 5.75 Å². The second-order valence-corrected chi connectivity index (χ2v) is 5.75. The third-order valence-corrected chi connectivity index (χ3v) is 2.50. The number of nitrogens with one attached hydrogen (secondary N) is 1. The Bertz CT molecular complexity index is 517. The van der Waals surface area contributed by atoms with Gasteiger partial charge in [-0.15, -0.1) is 0 Å². The molecule has 0 fully saturated rings. The summed E-state index contributed by atoms with van der Waals surface area (Å²) in [6.45, 7) is 8.62. The molecule has 0 unspecified atom stereocenters. The highest BCUT2D eigenvalue weighted by Gasteiger charge is 2.24. The van der Waals surface area contributed by atoms with Gasteiger partial charge in [0, 0.05) is 0 Å². The maximum Gasteiger partial charge on any atom is 0.328 e. The van der Waals surface area contributed by atoms with E-state index in [1.807, 2.05) is 6.92 Å². The molecule has 5 nitrogen and oxygen atoms in total. The zero-order valence-corrected chi connectivity index (χ0v) is 12.5. The van der Waals surface area contributed by atoms with Crippen LogP contribution >= 0.6 is 0 Å². The highest BCUT2D eigenvalue weighted by molar-refractivity contribution is 5.99. The molecule has 0 aliphatic heterocycles. The molecule has 1 aromatic carbocycles. The quantitative estimate of drug-likeness (QED) is 0.831. The number of aryl methyl sites for hydroxylation is 1. The van der Waals surface area contributed by atoms with Crippen molar-refractivity contribution >= 4 is 11.9 Å². The van der Waals surface area contributed by atoms with Crippen LogP contribution in [0.15, 0.2) is 18.2 Å². The van der Waals surface area contributed by atoms with Gasteiger partial charge in [0.2, 0.25) is 0 Å². The number of carbonyl (C=O) groups excluding carboxylic acids is 2. The molecule has 5 heteroatoms. The van der Waals surface area contributed by atoms with Gasteiger partial charge in [-0.3, -0.25) is 4.79 Å². The number of ether oxygens (including phenoxy) is 1. The molecule has 0 heterocycles. The number of amides is 1. The molecule has 0 aliphatic rings. The lowest BCUT2D eigenvalue weighted by Crippen LogP contribution is -2.42. The van der Waals surface area contributed by atoms with E-state index < -0.39 is 23.5 Å². The van der Waals surface area contributed by atoms with Crippen LogP contribution in [-0.4, -0.2) is 28.6 Å². The largest absolute Gasteiger partial charge is 0.507 e. The van der Waals surface area contributed by atoms with Gasteiger partial charge in [0.25, 0.3) is 5.91 Å². The summed E-state index contributed by atoms with van der Waals surface area (Å²) < 4.78 is 5.17. The summed E-state index contributed by atoms with van der Waals surface area (Å²) >= 11 is 0. The number of hydrogen-bond donors (Lipinski definition) is 2. The molecule has 0 spiro atoms. The molecule has 0 saturated carbocycles. The van der Waals surface area contributed by atoms with Crippen LogP contribution in [0.25, 0.3) is 0 Å². The Morgan fingerprint density at radius 2 is 1.90 bits per heavy atom. The average Bonchev–Trinajstić information content (AvgIpc) is 2.29. The number of esters is 1. The number of phenolic OH excluding ortho intramolecular Hbond substituents is 1. The van der Waals surface area contributed by atoms with Gasteiger partial charge in [-0.25, -0.2) is 4.79 Å². The van der Waals surface area contributed by atoms with Gasteiger partial charge in [-0.05, 0) is 46.8 Å². The lowest BCUT2D eigenvalue weighted by atomic mass is 10.1. The van der Waals surface area contributed by atoms with Crippen molar-refractivity contribution in [2.45, 2.75) is 46.3 Å². The fraction of sp³-hybridized carbons (Fsp3) is 0.467. The van der Waals surface area contributed by atoms with Crippen LogP contribution in [-0.2, 0) is 9.53 Å². The first-order chi connectivity index (χ1) is 9.10.